The summed E-state index contributed by atoms with van der Waals surface area (Å²) in [5, 5.41) is 3.47. The van der Waals surface area contributed by atoms with E-state index in [1.165, 1.54) is 16.7 Å². The first-order chi connectivity index (χ1) is 15.1. The van der Waals surface area contributed by atoms with Crippen molar-refractivity contribution in [1.82, 2.24) is 14.7 Å². The van der Waals surface area contributed by atoms with Crippen molar-refractivity contribution in [2.24, 2.45) is 0 Å². The van der Waals surface area contributed by atoms with E-state index in [9.17, 15) is 4.79 Å². The van der Waals surface area contributed by atoms with Crippen LogP contribution in [0.25, 0.3) is 0 Å². The number of benzene rings is 2. The van der Waals surface area contributed by atoms with Crippen LogP contribution in [0.3, 0.4) is 0 Å². The fourth-order valence-electron chi connectivity index (χ4n) is 4.25. The van der Waals surface area contributed by atoms with E-state index in [2.05, 4.69) is 66.2 Å². The van der Waals surface area contributed by atoms with Crippen molar-refractivity contribution in [3.8, 4) is 0 Å². The van der Waals surface area contributed by atoms with Gasteiger partial charge in [-0.25, -0.2) is 0 Å². The molecule has 0 aromatic heterocycles. The summed E-state index contributed by atoms with van der Waals surface area (Å²) in [7, 11) is 0. The number of amides is 1. The van der Waals surface area contributed by atoms with Crippen LogP contribution in [0, 0.1) is 0 Å². The van der Waals surface area contributed by atoms with Crippen molar-refractivity contribution in [1.29, 1.82) is 0 Å². The van der Waals surface area contributed by atoms with E-state index in [0.29, 0.717) is 13.1 Å². The molecular weight excluding hydrogens is 384 g/mol. The van der Waals surface area contributed by atoms with E-state index in [4.69, 9.17) is 0 Å². The average molecular weight is 423 g/mol. The smallest absolute Gasteiger partial charge is 0.242 e. The van der Waals surface area contributed by atoms with Gasteiger partial charge in [-0.3, -0.25) is 9.69 Å². The first-order valence-electron chi connectivity index (χ1n) is 11.8. The number of nitrogens with zero attached hydrogens (tertiary/aromatic N) is 3. The van der Waals surface area contributed by atoms with Gasteiger partial charge >= 0.3 is 0 Å². The molecule has 0 bridgehead atoms. The Labute approximate surface area is 188 Å². The van der Waals surface area contributed by atoms with E-state index in [-0.39, 0.29) is 5.91 Å². The first-order valence-corrected chi connectivity index (χ1v) is 11.8. The summed E-state index contributed by atoms with van der Waals surface area (Å²) in [5.41, 5.74) is 5.03. The number of rotatable bonds is 11. The maximum Gasteiger partial charge on any atom is 0.242 e. The number of hydrogen-bond acceptors (Lipinski definition) is 4. The van der Waals surface area contributed by atoms with Gasteiger partial charge in [0.05, 0.1) is 6.54 Å². The standard InChI is InChI=1S/C26H38N4O/c1-4-28(5-2)17-18-30(20-22-11-8-7-9-12-22)26(31)19-27-25-14-10-13-23-15-16-29(6-3)21-24(23)25/h7-14,27H,4-6,15-21H2,1-3H3. The van der Waals surface area contributed by atoms with Crippen LogP contribution >= 0.6 is 0 Å². The molecule has 0 spiro atoms. The number of carbonyl (C=O) groups excluding carboxylic acids is 1. The SMILES string of the molecule is CCN(CC)CCN(Cc1ccccc1)C(=O)CNc1cccc2c1CN(CC)CC2. The predicted molar refractivity (Wildman–Crippen MR) is 129 cm³/mol. The molecule has 1 amide bonds. The lowest BCUT2D eigenvalue weighted by molar-refractivity contribution is -0.130. The fourth-order valence-corrected chi connectivity index (χ4v) is 4.25. The normalized spacial score (nSPS) is 13.8. The van der Waals surface area contributed by atoms with Gasteiger partial charge in [0.25, 0.3) is 0 Å². The molecule has 0 aliphatic carbocycles. The van der Waals surface area contributed by atoms with Gasteiger partial charge in [-0.05, 0) is 48.8 Å². The van der Waals surface area contributed by atoms with Crippen LogP contribution in [-0.2, 0) is 24.3 Å². The quantitative estimate of drug-likeness (QED) is 0.597. The molecule has 3 rings (SSSR count). The van der Waals surface area contributed by atoms with Crippen LogP contribution in [0.15, 0.2) is 48.5 Å². The number of fused-ring (bicyclic) bond motifs is 1. The maximum atomic E-state index is 13.2. The molecule has 0 unspecified atom stereocenters. The molecule has 1 N–H and O–H groups in total. The summed E-state index contributed by atoms with van der Waals surface area (Å²) in [5.74, 6) is 0.150. The second-order valence-electron chi connectivity index (χ2n) is 8.24. The Morgan fingerprint density at radius 3 is 2.48 bits per heavy atom. The van der Waals surface area contributed by atoms with E-state index in [1.807, 2.05) is 23.1 Å². The minimum atomic E-state index is 0.150. The molecule has 1 aliphatic rings. The maximum absolute atomic E-state index is 13.2. The Bertz CT molecular complexity index is 819. The molecular formula is C26H38N4O. The molecule has 5 nitrogen and oxygen atoms in total. The lowest BCUT2D eigenvalue weighted by Crippen LogP contribution is -2.41. The van der Waals surface area contributed by atoms with E-state index < -0.39 is 0 Å². The molecule has 1 aliphatic heterocycles. The van der Waals surface area contributed by atoms with Crippen molar-refractivity contribution in [3.05, 3.63) is 65.2 Å². The van der Waals surface area contributed by atoms with E-state index >= 15 is 0 Å². The highest BCUT2D eigenvalue weighted by atomic mass is 16.2. The van der Waals surface area contributed by atoms with Crippen molar-refractivity contribution in [2.45, 2.75) is 40.3 Å². The molecule has 168 valence electrons. The van der Waals surface area contributed by atoms with Crippen LogP contribution in [0.1, 0.15) is 37.5 Å². The van der Waals surface area contributed by atoms with E-state index in [1.54, 1.807) is 0 Å². The highest BCUT2D eigenvalue weighted by Gasteiger charge is 2.19. The largest absolute Gasteiger partial charge is 0.376 e. The molecule has 5 heteroatoms. The predicted octanol–water partition coefficient (Wildman–Crippen LogP) is 3.85. The summed E-state index contributed by atoms with van der Waals surface area (Å²) in [6.45, 7) is 14.3. The number of likely N-dealkylation sites (N-methyl/N-ethyl adjacent to an activating group) is 2. The van der Waals surface area contributed by atoms with Gasteiger partial charge in [0.1, 0.15) is 0 Å². The minimum absolute atomic E-state index is 0.150. The van der Waals surface area contributed by atoms with E-state index in [0.717, 1.165) is 57.9 Å². The van der Waals surface area contributed by atoms with Gasteiger partial charge in [-0.2, -0.15) is 0 Å². The molecule has 2 aromatic rings. The summed E-state index contributed by atoms with van der Waals surface area (Å²) >= 11 is 0. The van der Waals surface area contributed by atoms with Crippen molar-refractivity contribution in [3.63, 3.8) is 0 Å². The molecule has 31 heavy (non-hydrogen) atoms. The minimum Gasteiger partial charge on any atom is -0.376 e. The molecule has 0 atom stereocenters. The van der Waals surface area contributed by atoms with Crippen molar-refractivity contribution < 1.29 is 4.79 Å². The van der Waals surface area contributed by atoms with Gasteiger partial charge in [0, 0.05) is 38.4 Å². The van der Waals surface area contributed by atoms with Crippen molar-refractivity contribution >= 4 is 11.6 Å². The van der Waals surface area contributed by atoms with Crippen molar-refractivity contribution in [2.75, 3.05) is 51.1 Å². The van der Waals surface area contributed by atoms with Crippen LogP contribution in [0.2, 0.25) is 0 Å². The first kappa shape index (κ1) is 23.3. The summed E-state index contributed by atoms with van der Waals surface area (Å²) in [4.78, 5) is 20.1. The lowest BCUT2D eigenvalue weighted by Gasteiger charge is -2.30. The van der Waals surface area contributed by atoms with Crippen LogP contribution in [0.5, 0.6) is 0 Å². The third-order valence-corrected chi connectivity index (χ3v) is 6.38. The third kappa shape index (κ3) is 6.55. The second kappa shape index (κ2) is 11.9. The zero-order valence-electron chi connectivity index (χ0n) is 19.4. The highest BCUT2D eigenvalue weighted by molar-refractivity contribution is 5.81. The zero-order chi connectivity index (χ0) is 22.1. The van der Waals surface area contributed by atoms with Gasteiger partial charge in [0.15, 0.2) is 0 Å². The zero-order valence-corrected chi connectivity index (χ0v) is 19.4. The van der Waals surface area contributed by atoms with Crippen LogP contribution in [-0.4, -0.2) is 66.4 Å². The van der Waals surface area contributed by atoms with Gasteiger partial charge in [-0.15, -0.1) is 0 Å². The lowest BCUT2D eigenvalue weighted by atomic mass is 9.98. The Morgan fingerprint density at radius 1 is 1.00 bits per heavy atom. The monoisotopic (exact) mass is 422 g/mol. The topological polar surface area (TPSA) is 38.8 Å². The Morgan fingerprint density at radius 2 is 1.77 bits per heavy atom. The van der Waals surface area contributed by atoms with Gasteiger partial charge in [0.2, 0.25) is 5.91 Å². The van der Waals surface area contributed by atoms with Crippen LogP contribution in [0.4, 0.5) is 5.69 Å². The average Bonchev–Trinajstić information content (AvgIpc) is 2.82. The highest BCUT2D eigenvalue weighted by Crippen LogP contribution is 2.26. The molecule has 0 radical (unpaired) electrons. The summed E-state index contributed by atoms with van der Waals surface area (Å²) < 4.78 is 0. The van der Waals surface area contributed by atoms with Gasteiger partial charge < -0.3 is 15.1 Å². The Kier molecular flexibility index (Phi) is 8.92. The van der Waals surface area contributed by atoms with Gasteiger partial charge in [-0.1, -0.05) is 63.2 Å². The Balaban J connectivity index is 1.67. The number of anilines is 1. The molecule has 0 saturated carbocycles. The Hall–Kier alpha value is -2.37. The number of hydrogen-bond donors (Lipinski definition) is 1. The molecule has 0 saturated heterocycles. The number of nitrogens with one attached hydrogen (secondary N) is 1. The molecule has 1 heterocycles. The third-order valence-electron chi connectivity index (χ3n) is 6.38. The fraction of sp³-hybridized carbons (Fsp3) is 0.500. The van der Waals surface area contributed by atoms with Crippen LogP contribution < -0.4 is 5.32 Å². The molecule has 0 fully saturated rings. The summed E-state index contributed by atoms with van der Waals surface area (Å²) in [6.07, 6.45) is 1.08. The second-order valence-corrected chi connectivity index (χ2v) is 8.24. The number of carbonyl (C=O) groups is 1. The molecule has 2 aromatic carbocycles. The summed E-state index contributed by atoms with van der Waals surface area (Å²) in [6, 6.07) is 16.7.